The van der Waals surface area contributed by atoms with E-state index >= 15 is 0 Å². The fraction of sp³-hybridized carbons (Fsp3) is 0.357. The van der Waals surface area contributed by atoms with E-state index in [9.17, 15) is 5.11 Å². The Bertz CT molecular complexity index is 459. The molecule has 5 heteroatoms. The van der Waals surface area contributed by atoms with Crippen molar-refractivity contribution in [3.05, 3.63) is 42.1 Å². The van der Waals surface area contributed by atoms with Crippen LogP contribution in [0.5, 0.6) is 5.75 Å². The second-order valence-electron chi connectivity index (χ2n) is 4.36. The highest BCUT2D eigenvalue weighted by molar-refractivity contribution is 7.80. The molecule has 1 aromatic carbocycles. The minimum atomic E-state index is -0.687. The molecular weight excluding hydrogens is 260 g/mol. The van der Waals surface area contributed by atoms with Gasteiger partial charge in [-0.25, -0.2) is 0 Å². The van der Waals surface area contributed by atoms with E-state index in [4.69, 9.17) is 17.0 Å². The third-order valence-corrected chi connectivity index (χ3v) is 3.08. The van der Waals surface area contributed by atoms with E-state index in [0.29, 0.717) is 11.7 Å². The molecule has 0 bridgehead atoms. The van der Waals surface area contributed by atoms with Crippen LogP contribution >= 0.6 is 12.2 Å². The lowest BCUT2D eigenvalue weighted by molar-refractivity contribution is 0.197. The Kier molecular flexibility index (Phi) is 4.76. The number of nitrogens with zero attached hydrogens (tertiary/aromatic N) is 1. The molecule has 0 spiro atoms. The molecule has 0 saturated carbocycles. The zero-order valence-electron chi connectivity index (χ0n) is 10.9. The fourth-order valence-corrected chi connectivity index (χ4v) is 1.99. The molecule has 0 fully saturated rings. The van der Waals surface area contributed by atoms with E-state index in [2.05, 4.69) is 12.2 Å². The molecule has 1 aliphatic rings. The van der Waals surface area contributed by atoms with Crippen LogP contribution < -0.4 is 10.1 Å². The third kappa shape index (κ3) is 3.94. The molecule has 1 heterocycles. The van der Waals surface area contributed by atoms with Gasteiger partial charge in [0.15, 0.2) is 5.11 Å². The predicted molar refractivity (Wildman–Crippen MR) is 78.7 cm³/mol. The van der Waals surface area contributed by atoms with E-state index in [1.165, 1.54) is 0 Å². The Labute approximate surface area is 118 Å². The van der Waals surface area contributed by atoms with Crippen molar-refractivity contribution in [2.45, 2.75) is 26.1 Å². The third-order valence-electron chi connectivity index (χ3n) is 2.73. The molecule has 2 N–H and O–H groups in total. The Balaban J connectivity index is 1.96. The van der Waals surface area contributed by atoms with Gasteiger partial charge in [-0.3, -0.25) is 0 Å². The van der Waals surface area contributed by atoms with E-state index in [1.54, 1.807) is 12.3 Å². The van der Waals surface area contributed by atoms with Crippen molar-refractivity contribution in [1.82, 2.24) is 10.2 Å². The van der Waals surface area contributed by atoms with Crippen LogP contribution in [0.25, 0.3) is 0 Å². The number of aliphatic hydroxyl groups excluding tert-OH is 1. The number of ether oxygens (including phenoxy) is 1. The quantitative estimate of drug-likeness (QED) is 0.807. The molecular formula is C14H18N2O2S. The lowest BCUT2D eigenvalue weighted by atomic mass is 10.2. The van der Waals surface area contributed by atoms with Gasteiger partial charge in [-0.2, -0.15) is 0 Å². The van der Waals surface area contributed by atoms with Crippen molar-refractivity contribution in [3.8, 4) is 5.75 Å². The van der Waals surface area contributed by atoms with Crippen molar-refractivity contribution in [3.63, 3.8) is 0 Å². The van der Waals surface area contributed by atoms with Crippen LogP contribution in [0.2, 0.25) is 0 Å². The molecule has 102 valence electrons. The van der Waals surface area contributed by atoms with Gasteiger partial charge >= 0.3 is 0 Å². The van der Waals surface area contributed by atoms with Crippen LogP contribution in [0.3, 0.4) is 0 Å². The number of rotatable bonds is 5. The van der Waals surface area contributed by atoms with Crippen LogP contribution in [-0.4, -0.2) is 28.0 Å². The topological polar surface area (TPSA) is 44.7 Å². The summed E-state index contributed by atoms with van der Waals surface area (Å²) in [6.07, 6.45) is 3.77. The molecule has 1 unspecified atom stereocenters. The maximum atomic E-state index is 9.35. The minimum absolute atomic E-state index is 0.529. The highest BCUT2D eigenvalue weighted by Gasteiger charge is 2.14. The van der Waals surface area contributed by atoms with Gasteiger partial charge in [0.1, 0.15) is 12.0 Å². The lowest BCUT2D eigenvalue weighted by Gasteiger charge is -2.27. The summed E-state index contributed by atoms with van der Waals surface area (Å²) < 4.78 is 5.54. The molecule has 1 aromatic rings. The Morgan fingerprint density at radius 1 is 1.37 bits per heavy atom. The number of hydrogen-bond acceptors (Lipinski definition) is 3. The maximum absolute atomic E-state index is 9.35. The van der Waals surface area contributed by atoms with E-state index in [-0.39, 0.29) is 0 Å². The average Bonchev–Trinajstić information content (AvgIpc) is 2.41. The van der Waals surface area contributed by atoms with Crippen molar-refractivity contribution in [2.75, 3.05) is 6.61 Å². The monoisotopic (exact) mass is 278 g/mol. The summed E-state index contributed by atoms with van der Waals surface area (Å²) in [6.45, 7) is 3.49. The molecule has 0 aliphatic carbocycles. The smallest absolute Gasteiger partial charge is 0.175 e. The zero-order chi connectivity index (χ0) is 13.7. The standard InChI is InChI=1S/C14H18N2O2S/c1-2-9-18-12-5-3-11(4-6-12)10-16-8-7-13(17)15-14(16)19/h3-8,13,17H,2,9-10H2,1H3,(H,15,19). The Morgan fingerprint density at radius 3 is 2.74 bits per heavy atom. The minimum Gasteiger partial charge on any atom is -0.494 e. The molecule has 0 amide bonds. The number of hydrogen-bond donors (Lipinski definition) is 2. The first-order valence-electron chi connectivity index (χ1n) is 6.34. The Morgan fingerprint density at radius 2 is 2.11 bits per heavy atom. The van der Waals surface area contributed by atoms with Gasteiger partial charge < -0.3 is 20.1 Å². The highest BCUT2D eigenvalue weighted by Crippen LogP contribution is 2.15. The number of aliphatic hydroxyl groups is 1. The number of nitrogens with one attached hydrogen (secondary N) is 1. The number of benzene rings is 1. The van der Waals surface area contributed by atoms with Crippen LogP contribution in [0, 0.1) is 0 Å². The summed E-state index contributed by atoms with van der Waals surface area (Å²) in [5, 5.41) is 12.7. The van der Waals surface area contributed by atoms with Gasteiger partial charge in [-0.15, -0.1) is 0 Å². The second kappa shape index (κ2) is 6.54. The largest absolute Gasteiger partial charge is 0.494 e. The predicted octanol–water partition coefficient (Wildman–Crippen LogP) is 2.00. The van der Waals surface area contributed by atoms with Gasteiger partial charge in [0.05, 0.1) is 6.61 Å². The molecule has 0 aromatic heterocycles. The van der Waals surface area contributed by atoms with Crippen LogP contribution in [0.4, 0.5) is 0 Å². The first kappa shape index (κ1) is 13.8. The van der Waals surface area contributed by atoms with Crippen LogP contribution in [0.1, 0.15) is 18.9 Å². The normalized spacial score (nSPS) is 18.3. The molecule has 19 heavy (non-hydrogen) atoms. The summed E-state index contributed by atoms with van der Waals surface area (Å²) >= 11 is 5.17. The van der Waals surface area contributed by atoms with E-state index < -0.39 is 6.23 Å². The average molecular weight is 278 g/mol. The van der Waals surface area contributed by atoms with Gasteiger partial charge in [-0.05, 0) is 42.4 Å². The van der Waals surface area contributed by atoms with Crippen molar-refractivity contribution in [1.29, 1.82) is 0 Å². The van der Waals surface area contributed by atoms with Crippen molar-refractivity contribution in [2.24, 2.45) is 0 Å². The van der Waals surface area contributed by atoms with Crippen molar-refractivity contribution < 1.29 is 9.84 Å². The summed E-state index contributed by atoms with van der Waals surface area (Å²) in [7, 11) is 0. The van der Waals surface area contributed by atoms with E-state index in [0.717, 1.165) is 24.3 Å². The van der Waals surface area contributed by atoms with Gasteiger partial charge in [0, 0.05) is 12.7 Å². The molecule has 4 nitrogen and oxygen atoms in total. The zero-order valence-corrected chi connectivity index (χ0v) is 11.7. The highest BCUT2D eigenvalue weighted by atomic mass is 32.1. The first-order valence-corrected chi connectivity index (χ1v) is 6.75. The Hall–Kier alpha value is -1.59. The summed E-state index contributed by atoms with van der Waals surface area (Å²) in [6, 6.07) is 7.97. The number of thiocarbonyl (C=S) groups is 1. The fourth-order valence-electron chi connectivity index (χ4n) is 1.74. The lowest BCUT2D eigenvalue weighted by Crippen LogP contribution is -2.44. The molecule has 0 saturated heterocycles. The molecule has 2 rings (SSSR count). The molecule has 1 atom stereocenters. The van der Waals surface area contributed by atoms with Gasteiger partial charge in [-0.1, -0.05) is 19.1 Å². The maximum Gasteiger partial charge on any atom is 0.175 e. The summed E-state index contributed by atoms with van der Waals surface area (Å²) in [5.41, 5.74) is 1.13. The van der Waals surface area contributed by atoms with Crippen molar-refractivity contribution >= 4 is 17.3 Å². The first-order chi connectivity index (χ1) is 9.19. The van der Waals surface area contributed by atoms with Crippen LogP contribution in [-0.2, 0) is 6.54 Å². The second-order valence-corrected chi connectivity index (χ2v) is 4.74. The molecule has 0 radical (unpaired) electrons. The summed E-state index contributed by atoms with van der Waals surface area (Å²) in [4.78, 5) is 1.88. The van der Waals surface area contributed by atoms with Gasteiger partial charge in [0.2, 0.25) is 0 Å². The molecule has 1 aliphatic heterocycles. The van der Waals surface area contributed by atoms with E-state index in [1.807, 2.05) is 29.2 Å². The SMILES string of the molecule is CCCOc1ccc(CN2C=CC(O)NC2=S)cc1. The van der Waals surface area contributed by atoms with Crippen LogP contribution in [0.15, 0.2) is 36.5 Å². The summed E-state index contributed by atoms with van der Waals surface area (Å²) in [5.74, 6) is 0.885. The van der Waals surface area contributed by atoms with Gasteiger partial charge in [0.25, 0.3) is 0 Å².